The van der Waals surface area contributed by atoms with Crippen LogP contribution in [0.5, 0.6) is 5.75 Å². The summed E-state index contributed by atoms with van der Waals surface area (Å²) >= 11 is 0. The maximum Gasteiger partial charge on any atom is 0.266 e. The molecule has 1 amide bonds. The van der Waals surface area contributed by atoms with Gasteiger partial charge in [0.25, 0.3) is 11.5 Å². The van der Waals surface area contributed by atoms with Crippen LogP contribution in [0.1, 0.15) is 66.5 Å². The number of ether oxygens (including phenoxy) is 1. The first-order valence-electron chi connectivity index (χ1n) is 12.9. The number of aromatic nitrogens is 2. The zero-order valence-corrected chi connectivity index (χ0v) is 22.3. The van der Waals surface area contributed by atoms with Crippen molar-refractivity contribution in [2.75, 3.05) is 14.2 Å². The molecule has 37 heavy (non-hydrogen) atoms. The Morgan fingerprint density at radius 1 is 1.05 bits per heavy atom. The molecule has 4 rings (SSSR count). The number of nitrogens with zero attached hydrogens (tertiary/aromatic N) is 3. The van der Waals surface area contributed by atoms with Gasteiger partial charge in [-0.25, -0.2) is 4.98 Å². The van der Waals surface area contributed by atoms with Crippen molar-refractivity contribution in [3.05, 3.63) is 99.6 Å². The number of rotatable bonds is 9. The largest absolute Gasteiger partial charge is 0.495 e. The van der Waals surface area contributed by atoms with Crippen LogP contribution in [0.3, 0.4) is 0 Å². The normalized spacial score (nSPS) is 11.9. The Morgan fingerprint density at radius 3 is 2.49 bits per heavy atom. The average Bonchev–Trinajstić information content (AvgIpc) is 2.92. The smallest absolute Gasteiger partial charge is 0.266 e. The van der Waals surface area contributed by atoms with Gasteiger partial charge in [-0.15, -0.1) is 0 Å². The minimum absolute atomic E-state index is 0.127. The number of amides is 1. The number of fused-ring (bicyclic) bond motifs is 1. The van der Waals surface area contributed by atoms with E-state index in [-0.39, 0.29) is 11.5 Å². The van der Waals surface area contributed by atoms with E-state index < -0.39 is 6.04 Å². The van der Waals surface area contributed by atoms with Crippen LogP contribution in [0.15, 0.2) is 71.5 Å². The second-order valence-electron chi connectivity index (χ2n) is 9.55. The highest BCUT2D eigenvalue weighted by Crippen LogP contribution is 2.28. The zero-order chi connectivity index (χ0) is 26.5. The summed E-state index contributed by atoms with van der Waals surface area (Å²) in [4.78, 5) is 33.8. The molecule has 1 aromatic heterocycles. The first-order chi connectivity index (χ1) is 17.8. The van der Waals surface area contributed by atoms with Gasteiger partial charge in [0.05, 0.1) is 29.7 Å². The second-order valence-corrected chi connectivity index (χ2v) is 9.55. The van der Waals surface area contributed by atoms with Crippen molar-refractivity contribution in [1.29, 1.82) is 0 Å². The molecule has 0 bridgehead atoms. The molecule has 1 unspecified atom stereocenters. The van der Waals surface area contributed by atoms with Crippen molar-refractivity contribution in [3.8, 4) is 11.4 Å². The number of unbranched alkanes of at least 4 members (excludes halogenated alkanes) is 2. The van der Waals surface area contributed by atoms with E-state index in [0.717, 1.165) is 18.4 Å². The molecule has 6 nitrogen and oxygen atoms in total. The first kappa shape index (κ1) is 26.1. The highest BCUT2D eigenvalue weighted by molar-refractivity contribution is 5.94. The molecule has 0 saturated carbocycles. The fraction of sp³-hybridized carbons (Fsp3) is 0.323. The molecule has 192 valence electrons. The minimum atomic E-state index is -0.487. The van der Waals surface area contributed by atoms with Crippen molar-refractivity contribution in [2.24, 2.45) is 0 Å². The van der Waals surface area contributed by atoms with E-state index in [1.807, 2.05) is 74.5 Å². The summed E-state index contributed by atoms with van der Waals surface area (Å²) in [6.45, 7) is 6.05. The Balaban J connectivity index is 1.76. The molecule has 1 heterocycles. The summed E-state index contributed by atoms with van der Waals surface area (Å²) in [6.07, 6.45) is 4.54. The SMILES string of the molecule is CCCCCc1ccc(C(=O)N(C)C(C)c2nc3ccccc3c(=O)n2-c2cc(C)ccc2OC)cc1. The second kappa shape index (κ2) is 11.4. The summed E-state index contributed by atoms with van der Waals surface area (Å²) in [5.74, 6) is 0.906. The maximum absolute atomic E-state index is 13.8. The van der Waals surface area contributed by atoms with E-state index in [1.54, 1.807) is 29.7 Å². The van der Waals surface area contributed by atoms with Gasteiger partial charge < -0.3 is 9.64 Å². The lowest BCUT2D eigenvalue weighted by molar-refractivity contribution is 0.0735. The van der Waals surface area contributed by atoms with Crippen molar-refractivity contribution in [3.63, 3.8) is 0 Å². The van der Waals surface area contributed by atoms with Crippen molar-refractivity contribution >= 4 is 16.8 Å². The van der Waals surface area contributed by atoms with Crippen LogP contribution in [-0.2, 0) is 6.42 Å². The molecule has 0 radical (unpaired) electrons. The molecule has 6 heteroatoms. The van der Waals surface area contributed by atoms with Gasteiger partial charge >= 0.3 is 0 Å². The Morgan fingerprint density at radius 2 is 1.78 bits per heavy atom. The van der Waals surface area contributed by atoms with Gasteiger partial charge in [0.1, 0.15) is 11.6 Å². The van der Waals surface area contributed by atoms with Crippen molar-refractivity contribution in [1.82, 2.24) is 14.5 Å². The highest BCUT2D eigenvalue weighted by Gasteiger charge is 2.26. The molecule has 0 aliphatic heterocycles. The summed E-state index contributed by atoms with van der Waals surface area (Å²) in [7, 11) is 3.33. The van der Waals surface area contributed by atoms with Gasteiger partial charge in [-0.1, -0.05) is 50.1 Å². The van der Waals surface area contributed by atoms with Crippen LogP contribution in [0.25, 0.3) is 16.6 Å². The van der Waals surface area contributed by atoms with Gasteiger partial charge in [-0.05, 0) is 74.2 Å². The lowest BCUT2D eigenvalue weighted by Gasteiger charge is -2.27. The zero-order valence-electron chi connectivity index (χ0n) is 22.3. The number of aryl methyl sites for hydroxylation is 2. The maximum atomic E-state index is 13.8. The Kier molecular flexibility index (Phi) is 8.07. The Labute approximate surface area is 218 Å². The fourth-order valence-electron chi connectivity index (χ4n) is 4.58. The van der Waals surface area contributed by atoms with Crippen LogP contribution in [0.4, 0.5) is 0 Å². The molecule has 4 aromatic rings. The van der Waals surface area contributed by atoms with Crippen LogP contribution in [0.2, 0.25) is 0 Å². The van der Waals surface area contributed by atoms with Crippen molar-refractivity contribution < 1.29 is 9.53 Å². The number of carbonyl (C=O) groups excluding carboxylic acids is 1. The predicted octanol–water partition coefficient (Wildman–Crippen LogP) is 6.27. The Bertz CT molecular complexity index is 1460. The van der Waals surface area contributed by atoms with E-state index >= 15 is 0 Å². The first-order valence-corrected chi connectivity index (χ1v) is 12.9. The van der Waals surface area contributed by atoms with E-state index in [1.165, 1.54) is 18.4 Å². The van der Waals surface area contributed by atoms with Crippen molar-refractivity contribution in [2.45, 2.75) is 52.5 Å². The third kappa shape index (κ3) is 5.43. The number of benzene rings is 3. The summed E-state index contributed by atoms with van der Waals surface area (Å²) < 4.78 is 7.19. The standard InChI is InChI=1S/C31H35N3O3/c1-6-7-8-11-23-15-17-24(18-16-23)30(35)33(4)22(3)29-32-26-13-10-9-12-25(26)31(36)34(29)27-20-21(2)14-19-28(27)37-5/h9-10,12-20,22H,6-8,11H2,1-5H3. The van der Waals surface area contributed by atoms with Gasteiger partial charge in [-0.2, -0.15) is 0 Å². The molecule has 1 atom stereocenters. The molecular formula is C31H35N3O3. The van der Waals surface area contributed by atoms with Gasteiger partial charge in [0.2, 0.25) is 0 Å². The lowest BCUT2D eigenvalue weighted by atomic mass is 10.0. The molecule has 0 spiro atoms. The molecule has 0 aliphatic rings. The third-order valence-electron chi connectivity index (χ3n) is 6.92. The number of hydrogen-bond donors (Lipinski definition) is 0. The van der Waals surface area contributed by atoms with Gasteiger partial charge in [-0.3, -0.25) is 14.2 Å². The number of hydrogen-bond acceptors (Lipinski definition) is 4. The lowest BCUT2D eigenvalue weighted by Crippen LogP contribution is -2.35. The Hall–Kier alpha value is -3.93. The van der Waals surface area contributed by atoms with Crippen LogP contribution < -0.4 is 10.3 Å². The number of carbonyl (C=O) groups is 1. The quantitative estimate of drug-likeness (QED) is 0.256. The molecule has 0 fully saturated rings. The van der Waals surface area contributed by atoms with Crippen LogP contribution in [0, 0.1) is 6.92 Å². The molecular weight excluding hydrogens is 462 g/mol. The molecule has 0 saturated heterocycles. The van der Waals surface area contributed by atoms with Gasteiger partial charge in [0, 0.05) is 12.6 Å². The fourth-order valence-corrected chi connectivity index (χ4v) is 4.58. The van der Waals surface area contributed by atoms with E-state index in [4.69, 9.17) is 9.72 Å². The van der Waals surface area contributed by atoms with Crippen LogP contribution >= 0.6 is 0 Å². The summed E-state index contributed by atoms with van der Waals surface area (Å²) in [5.41, 5.74) is 3.82. The molecule has 0 aliphatic carbocycles. The summed E-state index contributed by atoms with van der Waals surface area (Å²) in [5, 5.41) is 0.509. The third-order valence-corrected chi connectivity index (χ3v) is 6.92. The average molecular weight is 498 g/mol. The monoisotopic (exact) mass is 497 g/mol. The topological polar surface area (TPSA) is 64.4 Å². The minimum Gasteiger partial charge on any atom is -0.495 e. The van der Waals surface area contributed by atoms with Gasteiger partial charge in [0.15, 0.2) is 0 Å². The van der Waals surface area contributed by atoms with E-state index in [9.17, 15) is 9.59 Å². The van der Waals surface area contributed by atoms with Crippen LogP contribution in [-0.4, -0.2) is 34.5 Å². The molecule has 3 aromatic carbocycles. The highest BCUT2D eigenvalue weighted by atomic mass is 16.5. The molecule has 0 N–H and O–H groups in total. The number of methoxy groups -OCH3 is 1. The summed E-state index contributed by atoms with van der Waals surface area (Å²) in [6, 6.07) is 20.3. The van der Waals surface area contributed by atoms with E-state index in [0.29, 0.717) is 33.7 Å². The predicted molar refractivity (Wildman–Crippen MR) is 149 cm³/mol. The number of para-hydroxylation sites is 1. The van der Waals surface area contributed by atoms with E-state index in [2.05, 4.69) is 6.92 Å².